The zero-order valence-electron chi connectivity index (χ0n) is 8.94. The van der Waals surface area contributed by atoms with E-state index >= 15 is 0 Å². The van der Waals surface area contributed by atoms with Crippen LogP contribution in [0.5, 0.6) is 0 Å². The van der Waals surface area contributed by atoms with E-state index in [-0.39, 0.29) is 5.78 Å². The van der Waals surface area contributed by atoms with Crippen LogP contribution in [0.1, 0.15) is 10.4 Å². The molecule has 0 saturated heterocycles. The normalized spacial score (nSPS) is 27.7. The molecule has 0 heterocycles. The van der Waals surface area contributed by atoms with Crippen LogP contribution in [0.15, 0.2) is 53.6 Å². The maximum absolute atomic E-state index is 12.3. The number of carbonyl (C=O) groups is 1. The second kappa shape index (κ2) is 4.65. The van der Waals surface area contributed by atoms with Crippen molar-refractivity contribution in [2.45, 2.75) is 5.00 Å². The van der Waals surface area contributed by atoms with Crippen LogP contribution in [0.4, 0.5) is 0 Å². The summed E-state index contributed by atoms with van der Waals surface area (Å²) < 4.78 is 0. The molecule has 1 aliphatic rings. The summed E-state index contributed by atoms with van der Waals surface area (Å²) in [4.78, 5) is 11.0. The standard InChI is InChI=1S/C13H11Cl2NO/c14-10-6-7-13(15,16)11(8-10)12(17)9-4-2-1-3-5-9/h1-8,11H,16H2. The minimum atomic E-state index is -1.22. The molecule has 0 radical (unpaired) electrons. The molecule has 2 rings (SSSR count). The third kappa shape index (κ3) is 2.60. The van der Waals surface area contributed by atoms with E-state index in [9.17, 15) is 4.79 Å². The Hall–Kier alpha value is -1.09. The van der Waals surface area contributed by atoms with E-state index in [2.05, 4.69) is 0 Å². The quantitative estimate of drug-likeness (QED) is 0.509. The van der Waals surface area contributed by atoms with Crippen LogP contribution in [0.2, 0.25) is 0 Å². The second-order valence-electron chi connectivity index (χ2n) is 3.92. The van der Waals surface area contributed by atoms with E-state index in [1.54, 1.807) is 42.5 Å². The molecule has 0 amide bonds. The first-order valence-electron chi connectivity index (χ1n) is 5.14. The number of halogens is 2. The number of rotatable bonds is 2. The summed E-state index contributed by atoms with van der Waals surface area (Å²) >= 11 is 12.0. The maximum Gasteiger partial charge on any atom is 0.173 e. The highest BCUT2D eigenvalue weighted by Gasteiger charge is 2.37. The lowest BCUT2D eigenvalue weighted by atomic mass is 9.87. The van der Waals surface area contributed by atoms with Crippen molar-refractivity contribution in [3.8, 4) is 0 Å². The fraction of sp³-hybridized carbons (Fsp3) is 0.154. The summed E-state index contributed by atoms with van der Waals surface area (Å²) in [6.45, 7) is 0. The molecule has 1 aromatic carbocycles. The number of benzene rings is 1. The van der Waals surface area contributed by atoms with E-state index in [0.29, 0.717) is 10.6 Å². The average Bonchev–Trinajstić information content (AvgIpc) is 2.33. The summed E-state index contributed by atoms with van der Waals surface area (Å²) in [5.74, 6) is -0.783. The molecule has 0 aliphatic heterocycles. The molecule has 0 aromatic heterocycles. The number of Topliss-reactive ketones (excluding diaryl/α,β-unsaturated/α-hetero) is 1. The van der Waals surface area contributed by atoms with E-state index in [1.165, 1.54) is 0 Å². The molecule has 0 spiro atoms. The average molecular weight is 268 g/mol. The van der Waals surface area contributed by atoms with Gasteiger partial charge in [0, 0.05) is 10.6 Å². The molecule has 0 saturated carbocycles. The minimum absolute atomic E-state index is 0.134. The van der Waals surface area contributed by atoms with Gasteiger partial charge < -0.3 is 5.73 Å². The van der Waals surface area contributed by atoms with Gasteiger partial charge in [-0.3, -0.25) is 4.79 Å². The monoisotopic (exact) mass is 267 g/mol. The number of ketones is 1. The van der Waals surface area contributed by atoms with Gasteiger partial charge in [-0.1, -0.05) is 59.6 Å². The van der Waals surface area contributed by atoms with Gasteiger partial charge in [-0.05, 0) is 12.2 Å². The number of hydrogen-bond acceptors (Lipinski definition) is 2. The molecule has 0 fully saturated rings. The largest absolute Gasteiger partial charge is 0.309 e. The third-order valence-electron chi connectivity index (χ3n) is 2.64. The molecular weight excluding hydrogens is 257 g/mol. The highest BCUT2D eigenvalue weighted by Crippen LogP contribution is 2.32. The molecule has 1 aromatic rings. The maximum atomic E-state index is 12.3. The van der Waals surface area contributed by atoms with Crippen molar-refractivity contribution in [2.75, 3.05) is 0 Å². The molecule has 0 bridgehead atoms. The van der Waals surface area contributed by atoms with Gasteiger partial charge in [-0.2, -0.15) is 0 Å². The van der Waals surface area contributed by atoms with Gasteiger partial charge in [0.25, 0.3) is 0 Å². The Labute approximate surface area is 110 Å². The van der Waals surface area contributed by atoms with Gasteiger partial charge in [0.1, 0.15) is 5.00 Å². The summed E-state index contributed by atoms with van der Waals surface area (Å²) in [7, 11) is 0. The molecular formula is C13H11Cl2NO. The molecule has 2 nitrogen and oxygen atoms in total. The number of allylic oxidation sites excluding steroid dienone is 2. The van der Waals surface area contributed by atoms with E-state index < -0.39 is 10.9 Å². The van der Waals surface area contributed by atoms with E-state index in [4.69, 9.17) is 28.9 Å². The van der Waals surface area contributed by atoms with Crippen molar-refractivity contribution in [3.05, 3.63) is 59.2 Å². The predicted molar refractivity (Wildman–Crippen MR) is 70.1 cm³/mol. The Balaban J connectivity index is 2.34. The first kappa shape index (κ1) is 12.4. The van der Waals surface area contributed by atoms with Gasteiger partial charge in [0.2, 0.25) is 0 Å². The lowest BCUT2D eigenvalue weighted by Crippen LogP contribution is -2.44. The number of nitrogens with two attached hydrogens (primary N) is 1. The van der Waals surface area contributed by atoms with Crippen LogP contribution in [-0.4, -0.2) is 10.8 Å². The Morgan fingerprint density at radius 3 is 2.59 bits per heavy atom. The Morgan fingerprint density at radius 2 is 1.94 bits per heavy atom. The van der Waals surface area contributed by atoms with Crippen LogP contribution in [0, 0.1) is 5.92 Å². The highest BCUT2D eigenvalue weighted by atomic mass is 35.5. The molecule has 2 unspecified atom stereocenters. The topological polar surface area (TPSA) is 43.1 Å². The van der Waals surface area contributed by atoms with Crippen molar-refractivity contribution in [1.82, 2.24) is 0 Å². The van der Waals surface area contributed by atoms with Gasteiger partial charge in [-0.15, -0.1) is 0 Å². The molecule has 2 N–H and O–H groups in total. The van der Waals surface area contributed by atoms with E-state index in [0.717, 1.165) is 0 Å². The number of alkyl halides is 1. The second-order valence-corrected chi connectivity index (χ2v) is 5.01. The predicted octanol–water partition coefficient (Wildman–Crippen LogP) is 3.07. The van der Waals surface area contributed by atoms with Crippen LogP contribution in [-0.2, 0) is 0 Å². The lowest BCUT2D eigenvalue weighted by Gasteiger charge is -2.28. The van der Waals surface area contributed by atoms with Crippen molar-refractivity contribution < 1.29 is 4.79 Å². The molecule has 1 aliphatic carbocycles. The third-order valence-corrected chi connectivity index (χ3v) is 3.25. The van der Waals surface area contributed by atoms with Gasteiger partial charge in [-0.25, -0.2) is 0 Å². The fourth-order valence-electron chi connectivity index (χ4n) is 1.71. The van der Waals surface area contributed by atoms with Crippen LogP contribution in [0.3, 0.4) is 0 Å². The van der Waals surface area contributed by atoms with Gasteiger partial charge in [0.05, 0.1) is 5.92 Å². The Kier molecular flexibility index (Phi) is 3.38. The molecule has 4 heteroatoms. The summed E-state index contributed by atoms with van der Waals surface area (Å²) in [6.07, 6.45) is 4.73. The smallest absolute Gasteiger partial charge is 0.173 e. The van der Waals surface area contributed by atoms with Crippen molar-refractivity contribution in [2.24, 2.45) is 11.7 Å². The van der Waals surface area contributed by atoms with Crippen LogP contribution >= 0.6 is 23.2 Å². The molecule has 88 valence electrons. The summed E-state index contributed by atoms with van der Waals surface area (Å²) in [5, 5.41) is 0.473. The zero-order chi connectivity index (χ0) is 12.5. The van der Waals surface area contributed by atoms with Crippen molar-refractivity contribution in [1.29, 1.82) is 0 Å². The Morgan fingerprint density at radius 1 is 1.29 bits per heavy atom. The summed E-state index contributed by atoms with van der Waals surface area (Å²) in [5.41, 5.74) is 6.45. The van der Waals surface area contributed by atoms with E-state index in [1.807, 2.05) is 6.07 Å². The molecule has 2 atom stereocenters. The zero-order valence-corrected chi connectivity index (χ0v) is 10.4. The number of carbonyl (C=O) groups excluding carboxylic acids is 1. The van der Waals surface area contributed by atoms with Crippen molar-refractivity contribution in [3.63, 3.8) is 0 Å². The SMILES string of the molecule is NC1(Cl)C=CC(Cl)=CC1C(=O)c1ccccc1. The fourth-order valence-corrected chi connectivity index (χ4v) is 2.13. The van der Waals surface area contributed by atoms with Crippen LogP contribution in [0.25, 0.3) is 0 Å². The van der Waals surface area contributed by atoms with Crippen molar-refractivity contribution >= 4 is 29.0 Å². The first-order valence-corrected chi connectivity index (χ1v) is 5.90. The Bertz CT molecular complexity index is 491. The molecule has 17 heavy (non-hydrogen) atoms. The minimum Gasteiger partial charge on any atom is -0.309 e. The van der Waals surface area contributed by atoms with Gasteiger partial charge in [0.15, 0.2) is 5.78 Å². The first-order chi connectivity index (χ1) is 8.00. The highest BCUT2D eigenvalue weighted by molar-refractivity contribution is 6.33. The van der Waals surface area contributed by atoms with Crippen LogP contribution < -0.4 is 5.73 Å². The number of hydrogen-bond donors (Lipinski definition) is 1. The van der Waals surface area contributed by atoms with Gasteiger partial charge >= 0.3 is 0 Å². The lowest BCUT2D eigenvalue weighted by molar-refractivity contribution is 0.0930. The summed E-state index contributed by atoms with van der Waals surface area (Å²) in [6, 6.07) is 8.90.